The van der Waals surface area contributed by atoms with E-state index in [1.54, 1.807) is 18.0 Å². The molecule has 0 unspecified atom stereocenters. The number of hydrogen-bond acceptors (Lipinski definition) is 5. The fourth-order valence-electron chi connectivity index (χ4n) is 1.95. The van der Waals surface area contributed by atoms with Gasteiger partial charge in [0.1, 0.15) is 6.42 Å². The van der Waals surface area contributed by atoms with Gasteiger partial charge in [0, 0.05) is 12.3 Å². The van der Waals surface area contributed by atoms with Crippen molar-refractivity contribution in [3.8, 4) is 6.07 Å². The van der Waals surface area contributed by atoms with Crippen molar-refractivity contribution >= 4 is 32.7 Å². The predicted octanol–water partition coefficient (Wildman–Crippen LogP) is -0.373. The molecule has 1 amide bonds. The van der Waals surface area contributed by atoms with E-state index in [1.165, 1.54) is 11.8 Å². The van der Waals surface area contributed by atoms with Gasteiger partial charge in [-0.15, -0.1) is 0 Å². The fraction of sp³-hybridized carbons (Fsp3) is 0.667. The highest BCUT2D eigenvalue weighted by atomic mass is 32.2. The van der Waals surface area contributed by atoms with Crippen molar-refractivity contribution < 1.29 is 13.2 Å². The predicted molar refractivity (Wildman–Crippen MR) is 64.3 cm³/mol. The van der Waals surface area contributed by atoms with Crippen molar-refractivity contribution in [3.63, 3.8) is 0 Å². The Morgan fingerprint density at radius 3 is 2.94 bits per heavy atom. The van der Waals surface area contributed by atoms with Crippen LogP contribution in [0.1, 0.15) is 6.42 Å². The number of sulfone groups is 1. The molecule has 0 saturated carbocycles. The number of amides is 1. The summed E-state index contributed by atoms with van der Waals surface area (Å²) in [6.07, 6.45) is -0.245. The maximum absolute atomic E-state index is 11.4. The van der Waals surface area contributed by atoms with Crippen LogP contribution in [0.5, 0.6) is 0 Å². The SMILES string of the molecule is CN1C(=NC(=O)CC#N)S[C@@H]2CS(=O)(=O)C[C@H]21. The molecule has 0 N–H and O–H groups in total. The van der Waals surface area contributed by atoms with E-state index >= 15 is 0 Å². The lowest BCUT2D eigenvalue weighted by Crippen LogP contribution is -2.34. The molecular weight excluding hydrogens is 262 g/mol. The summed E-state index contributed by atoms with van der Waals surface area (Å²) < 4.78 is 22.9. The molecule has 92 valence electrons. The summed E-state index contributed by atoms with van der Waals surface area (Å²) in [5.74, 6) is -0.227. The van der Waals surface area contributed by atoms with Gasteiger partial charge in [-0.05, 0) is 0 Å². The summed E-state index contributed by atoms with van der Waals surface area (Å²) in [6.45, 7) is 0. The largest absolute Gasteiger partial charge is 0.349 e. The van der Waals surface area contributed by atoms with E-state index < -0.39 is 15.7 Å². The van der Waals surface area contributed by atoms with E-state index in [1.807, 2.05) is 0 Å². The van der Waals surface area contributed by atoms with Crippen molar-refractivity contribution in [2.45, 2.75) is 17.7 Å². The highest BCUT2D eigenvalue weighted by Gasteiger charge is 2.47. The highest BCUT2D eigenvalue weighted by molar-refractivity contribution is 8.15. The molecule has 0 bridgehead atoms. The molecule has 0 aromatic rings. The van der Waals surface area contributed by atoms with Crippen LogP contribution in [0.4, 0.5) is 0 Å². The lowest BCUT2D eigenvalue weighted by Gasteiger charge is -2.17. The third kappa shape index (κ3) is 2.45. The zero-order valence-corrected chi connectivity index (χ0v) is 10.8. The fourth-order valence-corrected chi connectivity index (χ4v) is 5.96. The zero-order chi connectivity index (χ0) is 12.6. The number of hydrogen-bond donors (Lipinski definition) is 0. The summed E-state index contributed by atoms with van der Waals surface area (Å²) in [5.41, 5.74) is 0. The Balaban J connectivity index is 2.14. The Morgan fingerprint density at radius 1 is 1.65 bits per heavy atom. The van der Waals surface area contributed by atoms with E-state index in [2.05, 4.69) is 4.99 Å². The Bertz CT molecular complexity index is 520. The molecule has 2 heterocycles. The van der Waals surface area contributed by atoms with Gasteiger partial charge in [-0.25, -0.2) is 8.42 Å². The number of rotatable bonds is 1. The molecular formula is C9H11N3O3S2. The van der Waals surface area contributed by atoms with Gasteiger partial charge in [-0.3, -0.25) is 4.79 Å². The van der Waals surface area contributed by atoms with Crippen molar-refractivity contribution in [1.82, 2.24) is 4.90 Å². The normalized spacial score (nSPS) is 32.5. The number of nitrogens with zero attached hydrogens (tertiary/aromatic N) is 3. The maximum atomic E-state index is 11.4. The topological polar surface area (TPSA) is 90.6 Å². The molecule has 2 rings (SSSR count). The highest BCUT2D eigenvalue weighted by Crippen LogP contribution is 2.36. The molecule has 2 aliphatic heterocycles. The zero-order valence-electron chi connectivity index (χ0n) is 9.16. The molecule has 0 spiro atoms. The summed E-state index contributed by atoms with van der Waals surface area (Å²) in [5, 5.41) is 8.85. The number of nitriles is 1. The molecule has 2 saturated heterocycles. The molecule has 0 aliphatic carbocycles. The molecule has 2 aliphatic rings. The first-order valence-electron chi connectivity index (χ1n) is 5.01. The second kappa shape index (κ2) is 4.31. The van der Waals surface area contributed by atoms with E-state index in [9.17, 15) is 13.2 Å². The van der Waals surface area contributed by atoms with E-state index in [0.29, 0.717) is 5.17 Å². The third-order valence-corrected chi connectivity index (χ3v) is 6.08. The molecule has 2 fully saturated rings. The lowest BCUT2D eigenvalue weighted by atomic mass is 10.2. The number of carbonyl (C=O) groups excluding carboxylic acids is 1. The van der Waals surface area contributed by atoms with Gasteiger partial charge in [0.15, 0.2) is 15.0 Å². The second-order valence-corrected chi connectivity index (χ2v) is 7.39. The van der Waals surface area contributed by atoms with Crippen LogP contribution in [-0.2, 0) is 14.6 Å². The molecule has 0 radical (unpaired) electrons. The van der Waals surface area contributed by atoms with Crippen molar-refractivity contribution in [2.24, 2.45) is 4.99 Å². The van der Waals surface area contributed by atoms with Crippen LogP contribution in [0.15, 0.2) is 4.99 Å². The van der Waals surface area contributed by atoms with Gasteiger partial charge in [-0.1, -0.05) is 11.8 Å². The number of amidine groups is 1. The molecule has 0 aromatic carbocycles. The number of carbonyl (C=O) groups is 1. The maximum Gasteiger partial charge on any atom is 0.262 e. The van der Waals surface area contributed by atoms with Crippen LogP contribution in [0.2, 0.25) is 0 Å². The average molecular weight is 273 g/mol. The van der Waals surface area contributed by atoms with Gasteiger partial charge in [0.05, 0.1) is 23.6 Å². The first-order valence-corrected chi connectivity index (χ1v) is 7.71. The molecule has 6 nitrogen and oxygen atoms in total. The summed E-state index contributed by atoms with van der Waals surface area (Å²) in [6, 6.07) is 1.64. The minimum atomic E-state index is -2.96. The van der Waals surface area contributed by atoms with Gasteiger partial charge in [0.25, 0.3) is 5.91 Å². The monoisotopic (exact) mass is 273 g/mol. The minimum Gasteiger partial charge on any atom is -0.349 e. The second-order valence-electron chi connectivity index (χ2n) is 4.03. The summed E-state index contributed by atoms with van der Waals surface area (Å²) in [4.78, 5) is 16.8. The molecule has 2 atom stereocenters. The van der Waals surface area contributed by atoms with Gasteiger partial charge in [-0.2, -0.15) is 10.3 Å². The standard InChI is InChI=1S/C9H11N3O3S2/c1-12-6-4-17(14,15)5-7(6)16-9(12)11-8(13)2-3-10/h6-7H,2,4-5H2,1H3/t6-,7-/m1/s1. The smallest absolute Gasteiger partial charge is 0.262 e. The van der Waals surface area contributed by atoms with Crippen molar-refractivity contribution in [1.29, 1.82) is 5.26 Å². The summed E-state index contributed by atoms with van der Waals surface area (Å²) >= 11 is 1.31. The summed E-state index contributed by atoms with van der Waals surface area (Å²) in [7, 11) is -1.22. The van der Waals surface area contributed by atoms with E-state index in [0.717, 1.165) is 0 Å². The average Bonchev–Trinajstić information content (AvgIpc) is 2.63. The Hall–Kier alpha value is -1.07. The first kappa shape index (κ1) is 12.4. The number of fused-ring (bicyclic) bond motifs is 1. The van der Waals surface area contributed by atoms with Crippen LogP contribution < -0.4 is 0 Å². The van der Waals surface area contributed by atoms with Gasteiger partial charge >= 0.3 is 0 Å². The van der Waals surface area contributed by atoms with Crippen LogP contribution in [-0.4, -0.2) is 54.2 Å². The third-order valence-electron chi connectivity index (χ3n) is 2.78. The van der Waals surface area contributed by atoms with Crippen LogP contribution in [0.3, 0.4) is 0 Å². The van der Waals surface area contributed by atoms with Crippen LogP contribution >= 0.6 is 11.8 Å². The molecule has 8 heteroatoms. The van der Waals surface area contributed by atoms with Gasteiger partial charge in [0.2, 0.25) is 0 Å². The van der Waals surface area contributed by atoms with E-state index in [-0.39, 0.29) is 29.2 Å². The Labute approximate surface area is 104 Å². The number of aliphatic imine (C=N–C) groups is 1. The van der Waals surface area contributed by atoms with Gasteiger partial charge < -0.3 is 4.90 Å². The number of thioether (sulfide) groups is 1. The van der Waals surface area contributed by atoms with Crippen molar-refractivity contribution in [2.75, 3.05) is 18.6 Å². The first-order chi connectivity index (χ1) is 7.93. The van der Waals surface area contributed by atoms with Crippen molar-refractivity contribution in [3.05, 3.63) is 0 Å². The van der Waals surface area contributed by atoms with Crippen LogP contribution in [0, 0.1) is 11.3 Å². The molecule has 0 aromatic heterocycles. The molecule has 17 heavy (non-hydrogen) atoms. The minimum absolute atomic E-state index is 0.0429. The Kier molecular flexibility index (Phi) is 3.14. The Morgan fingerprint density at radius 2 is 2.35 bits per heavy atom. The quantitative estimate of drug-likeness (QED) is 0.647. The van der Waals surface area contributed by atoms with E-state index in [4.69, 9.17) is 5.26 Å². The van der Waals surface area contributed by atoms with Crippen LogP contribution in [0.25, 0.3) is 0 Å². The lowest BCUT2D eigenvalue weighted by molar-refractivity contribution is -0.116.